The Morgan fingerprint density at radius 1 is 0.952 bits per heavy atom. The molecule has 1 aromatic carbocycles. The number of carbonyl (C=O) groups excluding carboxylic acids is 1. The Morgan fingerprint density at radius 2 is 1.29 bits per heavy atom. The molecule has 0 aliphatic carbocycles. The molecule has 1 rings (SSSR count). The van der Waals surface area contributed by atoms with Crippen LogP contribution in [0.5, 0.6) is 0 Å². The summed E-state index contributed by atoms with van der Waals surface area (Å²) >= 11 is 0. The predicted molar refractivity (Wildman–Crippen MR) is 58.0 cm³/mol. The van der Waals surface area contributed by atoms with Crippen LogP contribution in [-0.4, -0.2) is 34.5 Å². The molecule has 0 saturated carbocycles. The first-order valence-electron chi connectivity index (χ1n) is 5.10. The van der Waals surface area contributed by atoms with Crippen LogP contribution in [0.15, 0.2) is 30.3 Å². The van der Waals surface area contributed by atoms with Crippen LogP contribution >= 0.6 is 0 Å². The summed E-state index contributed by atoms with van der Waals surface area (Å²) in [4.78, 5) is 18.1. The smallest absolute Gasteiger partial charge is 0.481 e. The Hall–Kier alpha value is -2.26. The summed E-state index contributed by atoms with van der Waals surface area (Å²) in [5.74, 6) is -2.99. The molecule has 21 heavy (non-hydrogen) atoms. The van der Waals surface area contributed by atoms with Crippen LogP contribution in [0.1, 0.15) is 17.3 Å². The van der Waals surface area contributed by atoms with Crippen molar-refractivity contribution in [2.75, 3.05) is 0 Å². The van der Waals surface area contributed by atoms with Gasteiger partial charge in [-0.2, -0.15) is 4.90 Å². The van der Waals surface area contributed by atoms with Gasteiger partial charge in [0.05, 0.1) is 0 Å². The molecule has 0 aromatic heterocycles. The average Bonchev–Trinajstić information content (AvgIpc) is 2.25. The van der Waals surface area contributed by atoms with Gasteiger partial charge in [-0.1, -0.05) is 18.2 Å². The van der Waals surface area contributed by atoms with Gasteiger partial charge in [0.1, 0.15) is 0 Å². The van der Waals surface area contributed by atoms with E-state index in [0.29, 0.717) is 0 Å². The molecule has 4 nitrogen and oxygen atoms in total. The van der Waals surface area contributed by atoms with E-state index in [1.54, 1.807) is 0 Å². The van der Waals surface area contributed by atoms with Crippen LogP contribution in [0.4, 0.5) is 26.3 Å². The molecule has 0 aliphatic heterocycles. The van der Waals surface area contributed by atoms with Crippen molar-refractivity contribution < 1.29 is 41.0 Å². The lowest BCUT2D eigenvalue weighted by molar-refractivity contribution is -0.348. The second-order valence-corrected chi connectivity index (χ2v) is 3.46. The van der Waals surface area contributed by atoms with E-state index in [-0.39, 0.29) is 0 Å². The molecule has 0 fully saturated rings. The first kappa shape index (κ1) is 18.7. The fourth-order valence-electron chi connectivity index (χ4n) is 1.08. The van der Waals surface area contributed by atoms with Crippen LogP contribution in [0.25, 0.3) is 0 Å². The maximum absolute atomic E-state index is 12.1. The van der Waals surface area contributed by atoms with E-state index < -0.39 is 34.9 Å². The molecule has 0 saturated heterocycles. The highest BCUT2D eigenvalue weighted by Gasteiger charge is 2.57. The molecule has 0 spiro atoms. The van der Waals surface area contributed by atoms with E-state index >= 15 is 0 Å². The third-order valence-corrected chi connectivity index (χ3v) is 1.73. The third-order valence-electron chi connectivity index (χ3n) is 1.73. The van der Waals surface area contributed by atoms with Gasteiger partial charge in [-0.15, -0.1) is 26.3 Å². The largest absolute Gasteiger partial charge is 0.494 e. The molecule has 118 valence electrons. The first-order chi connectivity index (χ1) is 9.37. The normalized spacial score (nSPS) is 11.2. The summed E-state index contributed by atoms with van der Waals surface area (Å²) in [6.45, 7) is 1.08. The lowest BCUT2D eigenvalue weighted by Crippen LogP contribution is -2.51. The van der Waals surface area contributed by atoms with Crippen LogP contribution < -0.4 is 0 Å². The highest BCUT2D eigenvalue weighted by atomic mass is 19.4. The molecular formula is C11H9F6NO3. The zero-order valence-corrected chi connectivity index (χ0v) is 10.4. The molecule has 0 bridgehead atoms. The van der Waals surface area contributed by atoms with E-state index in [2.05, 4.69) is 0 Å². The Balaban J connectivity index is 0.000000885. The molecule has 0 atom stereocenters. The van der Waals surface area contributed by atoms with E-state index in [9.17, 15) is 31.1 Å². The number of halogens is 6. The molecular weight excluding hydrogens is 308 g/mol. The minimum absolute atomic E-state index is 0.692. The van der Waals surface area contributed by atoms with Gasteiger partial charge in [-0.25, -0.2) is 0 Å². The number of rotatable bonds is 1. The second kappa shape index (κ2) is 6.95. The van der Waals surface area contributed by atoms with Gasteiger partial charge in [0.15, 0.2) is 0 Å². The summed E-state index contributed by atoms with van der Waals surface area (Å²) in [5, 5.41) is 7.42. The third kappa shape index (κ3) is 6.63. The Labute approximate surface area is 114 Å². The van der Waals surface area contributed by atoms with Crippen LogP contribution in [-0.2, 0) is 4.79 Å². The number of nitrogens with zero attached hydrogens (tertiary/aromatic N) is 1. The molecule has 0 unspecified atom stereocenters. The Bertz CT molecular complexity index is 465. The van der Waals surface area contributed by atoms with E-state index in [1.165, 1.54) is 6.07 Å². The molecule has 1 aromatic rings. The van der Waals surface area contributed by atoms with Gasteiger partial charge in [-0.05, 0) is 12.1 Å². The van der Waals surface area contributed by atoms with Crippen LogP contribution in [0.3, 0.4) is 0 Å². The summed E-state index contributed by atoms with van der Waals surface area (Å²) < 4.78 is 72.8. The molecule has 10 heteroatoms. The fraction of sp³-hybridized carbons (Fsp3) is 0.273. The maximum atomic E-state index is 12.1. The second-order valence-electron chi connectivity index (χ2n) is 3.46. The number of carboxylic acid groups (broad SMARTS) is 1. The molecule has 1 N–H and O–H groups in total. The van der Waals surface area contributed by atoms with Gasteiger partial charge < -0.3 is 5.11 Å². The van der Waals surface area contributed by atoms with Gasteiger partial charge in [0, 0.05) is 12.5 Å². The topological polar surface area (TPSA) is 57.6 Å². The molecule has 0 heterocycles. The zero-order chi connectivity index (χ0) is 16.8. The molecule has 0 radical (unpaired) electrons. The van der Waals surface area contributed by atoms with Crippen LogP contribution in [0, 0.1) is 0 Å². The minimum atomic E-state index is -5.81. The summed E-state index contributed by atoms with van der Waals surface area (Å²) in [6.07, 6.45) is -11.6. The number of hydrogen-bond donors (Lipinski definition) is 1. The fourth-order valence-corrected chi connectivity index (χ4v) is 1.08. The van der Waals surface area contributed by atoms with Crippen molar-refractivity contribution >= 4 is 11.9 Å². The number of carboxylic acids is 1. The first-order valence-corrected chi connectivity index (χ1v) is 5.10. The highest BCUT2D eigenvalue weighted by Crippen LogP contribution is 2.34. The number of aliphatic carboxylic acids is 1. The lowest BCUT2D eigenvalue weighted by Gasteiger charge is -2.26. The van der Waals surface area contributed by atoms with Crippen molar-refractivity contribution in [3.8, 4) is 0 Å². The van der Waals surface area contributed by atoms with E-state index in [4.69, 9.17) is 9.90 Å². The number of hydrogen-bond acceptors (Lipinski definition) is 2. The number of benzene rings is 1. The Kier molecular flexibility index (Phi) is 6.20. The average molecular weight is 317 g/mol. The lowest BCUT2D eigenvalue weighted by atomic mass is 10.2. The number of carbonyl (C=O) groups is 2. The van der Waals surface area contributed by atoms with Gasteiger partial charge in [-0.3, -0.25) is 9.59 Å². The van der Waals surface area contributed by atoms with Gasteiger partial charge in [0.2, 0.25) is 0 Å². The minimum Gasteiger partial charge on any atom is -0.481 e. The standard InChI is InChI=1S/C9H5F6NO.C2H4O2/c10-8(11,12)16(9(13,14)15)7(17)6-4-2-1-3-5-6;1-2(3)4/h1-5H;1H3,(H,3,4). The van der Waals surface area contributed by atoms with Crippen molar-refractivity contribution in [2.24, 2.45) is 0 Å². The summed E-state index contributed by atoms with van der Waals surface area (Å²) in [6, 6.07) is 5.43. The van der Waals surface area contributed by atoms with E-state index in [0.717, 1.165) is 31.2 Å². The van der Waals surface area contributed by atoms with Crippen molar-refractivity contribution in [1.29, 1.82) is 0 Å². The number of amides is 1. The zero-order valence-electron chi connectivity index (χ0n) is 10.4. The predicted octanol–water partition coefficient (Wildman–Crippen LogP) is 3.26. The summed E-state index contributed by atoms with van der Waals surface area (Å²) in [7, 11) is 0. The van der Waals surface area contributed by atoms with Gasteiger partial charge >= 0.3 is 12.6 Å². The molecule has 1 amide bonds. The SMILES string of the molecule is CC(=O)O.O=C(c1ccccc1)N(C(F)(F)F)C(F)(F)F. The van der Waals surface area contributed by atoms with E-state index in [1.807, 2.05) is 0 Å². The quantitative estimate of drug-likeness (QED) is 0.639. The van der Waals surface area contributed by atoms with Crippen molar-refractivity contribution in [3.63, 3.8) is 0 Å². The monoisotopic (exact) mass is 317 g/mol. The van der Waals surface area contributed by atoms with Gasteiger partial charge in [0.25, 0.3) is 11.9 Å². The van der Waals surface area contributed by atoms with Crippen molar-refractivity contribution in [1.82, 2.24) is 4.90 Å². The van der Waals surface area contributed by atoms with Crippen molar-refractivity contribution in [3.05, 3.63) is 35.9 Å². The maximum Gasteiger partial charge on any atom is 0.494 e. The highest BCUT2D eigenvalue weighted by molar-refractivity contribution is 5.94. The summed E-state index contributed by atoms with van der Waals surface area (Å²) in [5.41, 5.74) is -0.692. The number of alkyl halides is 6. The Morgan fingerprint density at radius 3 is 1.57 bits per heavy atom. The molecule has 0 aliphatic rings. The van der Waals surface area contributed by atoms with Crippen LogP contribution in [0.2, 0.25) is 0 Å². The van der Waals surface area contributed by atoms with Crippen molar-refractivity contribution in [2.45, 2.75) is 19.5 Å².